The SMILES string of the molecule is O=C(CCCC[C@H]1CCSS1)Nc1nc(-c2cccnc2)cs1. The Balaban J connectivity index is 1.40. The fourth-order valence-corrected chi connectivity index (χ4v) is 6.15. The van der Waals surface area contributed by atoms with E-state index in [1.165, 1.54) is 29.9 Å². The number of hydrogen-bond acceptors (Lipinski definition) is 6. The predicted octanol–water partition coefficient (Wildman–Crippen LogP) is 4.86. The number of anilines is 1. The van der Waals surface area contributed by atoms with E-state index in [0.29, 0.717) is 11.6 Å². The summed E-state index contributed by atoms with van der Waals surface area (Å²) in [6.45, 7) is 0. The van der Waals surface area contributed by atoms with Crippen molar-refractivity contribution in [2.75, 3.05) is 11.1 Å². The smallest absolute Gasteiger partial charge is 0.226 e. The number of unbranched alkanes of at least 4 members (excludes halogenated alkanes) is 1. The molecule has 122 valence electrons. The Hall–Kier alpha value is -1.05. The fourth-order valence-electron chi connectivity index (χ4n) is 2.38. The molecule has 1 saturated heterocycles. The Kier molecular flexibility index (Phi) is 6.36. The molecule has 1 aliphatic heterocycles. The molecule has 0 spiro atoms. The van der Waals surface area contributed by atoms with Gasteiger partial charge in [-0.15, -0.1) is 11.3 Å². The van der Waals surface area contributed by atoms with Gasteiger partial charge in [0.2, 0.25) is 5.91 Å². The Bertz CT molecular complexity index is 627. The zero-order valence-corrected chi connectivity index (χ0v) is 15.2. The zero-order chi connectivity index (χ0) is 15.9. The molecule has 0 radical (unpaired) electrons. The van der Waals surface area contributed by atoms with Gasteiger partial charge in [0.1, 0.15) is 0 Å². The average Bonchev–Trinajstić information content (AvgIpc) is 3.24. The summed E-state index contributed by atoms with van der Waals surface area (Å²) >= 11 is 1.46. The van der Waals surface area contributed by atoms with E-state index in [-0.39, 0.29) is 5.91 Å². The van der Waals surface area contributed by atoms with Gasteiger partial charge in [-0.3, -0.25) is 9.78 Å². The number of hydrogen-bond donors (Lipinski definition) is 1. The summed E-state index contributed by atoms with van der Waals surface area (Å²) in [5.74, 6) is 1.34. The van der Waals surface area contributed by atoms with E-state index in [4.69, 9.17) is 0 Å². The van der Waals surface area contributed by atoms with Crippen LogP contribution in [0.4, 0.5) is 5.13 Å². The monoisotopic (exact) mass is 365 g/mol. The van der Waals surface area contributed by atoms with Crippen LogP contribution in [0.1, 0.15) is 32.1 Å². The number of amides is 1. The summed E-state index contributed by atoms with van der Waals surface area (Å²) in [6.07, 6.45) is 8.72. The topological polar surface area (TPSA) is 54.9 Å². The van der Waals surface area contributed by atoms with Gasteiger partial charge in [0.05, 0.1) is 5.69 Å². The van der Waals surface area contributed by atoms with E-state index in [2.05, 4.69) is 15.3 Å². The third kappa shape index (κ3) is 5.22. The molecule has 23 heavy (non-hydrogen) atoms. The second kappa shape index (κ2) is 8.70. The van der Waals surface area contributed by atoms with Crippen molar-refractivity contribution in [1.82, 2.24) is 9.97 Å². The highest BCUT2D eigenvalue weighted by molar-refractivity contribution is 8.77. The van der Waals surface area contributed by atoms with Crippen molar-refractivity contribution < 1.29 is 4.79 Å². The number of nitrogens with one attached hydrogen (secondary N) is 1. The summed E-state index contributed by atoms with van der Waals surface area (Å²) in [6, 6.07) is 3.85. The standard InChI is InChI=1S/C16H19N3OS3/c20-15(6-2-1-5-13-7-9-22-23-13)19-16-18-14(11-21-16)12-4-3-8-17-10-12/h3-4,8,10-11,13H,1-2,5-7,9H2,(H,18,19,20)/t13-/m0/s1. The molecule has 0 saturated carbocycles. The van der Waals surface area contributed by atoms with Gasteiger partial charge in [-0.05, 0) is 31.4 Å². The second-order valence-corrected chi connectivity index (χ2v) is 9.05. The summed E-state index contributed by atoms with van der Waals surface area (Å²) in [7, 11) is 3.98. The van der Waals surface area contributed by atoms with Crippen molar-refractivity contribution in [2.24, 2.45) is 0 Å². The van der Waals surface area contributed by atoms with Crippen LogP contribution in [0.15, 0.2) is 29.9 Å². The van der Waals surface area contributed by atoms with Gasteiger partial charge in [-0.1, -0.05) is 28.0 Å². The van der Waals surface area contributed by atoms with Crippen molar-refractivity contribution >= 4 is 44.0 Å². The average molecular weight is 366 g/mol. The Morgan fingerprint density at radius 3 is 3.13 bits per heavy atom. The van der Waals surface area contributed by atoms with Gasteiger partial charge in [0.15, 0.2) is 5.13 Å². The van der Waals surface area contributed by atoms with E-state index in [0.717, 1.165) is 29.3 Å². The number of carbonyl (C=O) groups is 1. The van der Waals surface area contributed by atoms with Crippen molar-refractivity contribution in [1.29, 1.82) is 0 Å². The van der Waals surface area contributed by atoms with Crippen LogP contribution in [-0.2, 0) is 4.79 Å². The molecule has 1 amide bonds. The minimum absolute atomic E-state index is 0.0607. The lowest BCUT2D eigenvalue weighted by Gasteiger charge is -2.06. The van der Waals surface area contributed by atoms with Crippen LogP contribution < -0.4 is 5.32 Å². The lowest BCUT2D eigenvalue weighted by molar-refractivity contribution is -0.116. The van der Waals surface area contributed by atoms with Gasteiger partial charge >= 0.3 is 0 Å². The van der Waals surface area contributed by atoms with Gasteiger partial charge in [-0.2, -0.15) is 0 Å². The molecule has 2 aromatic heterocycles. The molecule has 1 fully saturated rings. The highest BCUT2D eigenvalue weighted by Crippen LogP contribution is 2.39. The van der Waals surface area contributed by atoms with Crippen molar-refractivity contribution in [3.8, 4) is 11.3 Å². The molecule has 0 unspecified atom stereocenters. The van der Waals surface area contributed by atoms with Gasteiger partial charge in [0.25, 0.3) is 0 Å². The van der Waals surface area contributed by atoms with Crippen LogP contribution >= 0.6 is 32.9 Å². The summed E-state index contributed by atoms with van der Waals surface area (Å²) in [4.78, 5) is 20.5. The maximum Gasteiger partial charge on any atom is 0.226 e. The maximum absolute atomic E-state index is 12.0. The number of thiazole rings is 1. The second-order valence-electron chi connectivity index (χ2n) is 5.40. The highest BCUT2D eigenvalue weighted by atomic mass is 33.1. The van der Waals surface area contributed by atoms with Crippen LogP contribution in [0.3, 0.4) is 0 Å². The maximum atomic E-state index is 12.0. The van der Waals surface area contributed by atoms with E-state index in [9.17, 15) is 4.79 Å². The fraction of sp³-hybridized carbons (Fsp3) is 0.438. The lowest BCUT2D eigenvalue weighted by atomic mass is 10.1. The molecule has 1 N–H and O–H groups in total. The molecular weight excluding hydrogens is 346 g/mol. The van der Waals surface area contributed by atoms with E-state index >= 15 is 0 Å². The van der Waals surface area contributed by atoms with Gasteiger partial charge < -0.3 is 5.32 Å². The molecule has 3 rings (SSSR count). The van der Waals surface area contributed by atoms with Gasteiger partial charge in [-0.25, -0.2) is 4.98 Å². The summed E-state index contributed by atoms with van der Waals surface area (Å²) in [5, 5.41) is 6.30. The zero-order valence-electron chi connectivity index (χ0n) is 12.7. The normalized spacial score (nSPS) is 17.3. The first-order valence-electron chi connectivity index (χ1n) is 7.75. The first-order valence-corrected chi connectivity index (χ1v) is 11.0. The summed E-state index contributed by atoms with van der Waals surface area (Å²) < 4.78 is 0. The molecule has 0 aliphatic carbocycles. The van der Waals surface area contributed by atoms with E-state index in [1.54, 1.807) is 12.4 Å². The quantitative estimate of drug-likeness (QED) is 0.561. The Labute approximate surface area is 148 Å². The molecule has 3 heterocycles. The molecule has 1 aliphatic rings. The Morgan fingerprint density at radius 1 is 1.39 bits per heavy atom. The van der Waals surface area contributed by atoms with Crippen LogP contribution in [0.25, 0.3) is 11.3 Å². The Morgan fingerprint density at radius 2 is 2.35 bits per heavy atom. The lowest BCUT2D eigenvalue weighted by Crippen LogP contribution is -2.11. The molecular formula is C16H19N3OS3. The first-order chi connectivity index (χ1) is 11.3. The van der Waals surface area contributed by atoms with Crippen LogP contribution in [0, 0.1) is 0 Å². The van der Waals surface area contributed by atoms with Crippen LogP contribution in [-0.4, -0.2) is 26.9 Å². The number of pyridine rings is 1. The van der Waals surface area contributed by atoms with Crippen LogP contribution in [0.2, 0.25) is 0 Å². The number of rotatable bonds is 7. The third-order valence-corrected chi connectivity index (χ3v) is 7.38. The minimum atomic E-state index is 0.0607. The number of aromatic nitrogens is 2. The van der Waals surface area contributed by atoms with Crippen molar-refractivity contribution in [2.45, 2.75) is 37.4 Å². The van der Waals surface area contributed by atoms with Crippen molar-refractivity contribution in [3.05, 3.63) is 29.9 Å². The molecule has 1 atom stereocenters. The first kappa shape index (κ1) is 16.8. The van der Waals surface area contributed by atoms with Crippen molar-refractivity contribution in [3.63, 3.8) is 0 Å². The molecule has 0 aromatic carbocycles. The predicted molar refractivity (Wildman–Crippen MR) is 101 cm³/mol. The largest absolute Gasteiger partial charge is 0.302 e. The minimum Gasteiger partial charge on any atom is -0.302 e. The molecule has 0 bridgehead atoms. The molecule has 7 heteroatoms. The van der Waals surface area contributed by atoms with Crippen LogP contribution in [0.5, 0.6) is 0 Å². The number of nitrogens with zero attached hydrogens (tertiary/aromatic N) is 2. The molecule has 4 nitrogen and oxygen atoms in total. The third-order valence-electron chi connectivity index (χ3n) is 3.62. The summed E-state index contributed by atoms with van der Waals surface area (Å²) in [5.41, 5.74) is 1.82. The molecule has 2 aromatic rings. The van der Waals surface area contributed by atoms with E-state index < -0.39 is 0 Å². The highest BCUT2D eigenvalue weighted by Gasteiger charge is 2.16. The number of carbonyl (C=O) groups excluding carboxylic acids is 1. The van der Waals surface area contributed by atoms with Gasteiger partial charge in [0, 0.05) is 40.8 Å². The van der Waals surface area contributed by atoms with E-state index in [1.807, 2.05) is 39.1 Å².